The first-order valence-corrected chi connectivity index (χ1v) is 14.6. The minimum absolute atomic E-state index is 0.173. The van der Waals surface area contributed by atoms with Gasteiger partial charge < -0.3 is 24.3 Å². The Kier molecular flexibility index (Phi) is 8.84. The normalized spacial score (nSPS) is 17.7. The number of amides is 2. The van der Waals surface area contributed by atoms with Crippen molar-refractivity contribution in [3.05, 3.63) is 82.2 Å². The summed E-state index contributed by atoms with van der Waals surface area (Å²) >= 11 is 6.63. The number of nitrogens with zero attached hydrogens (tertiary/aromatic N) is 5. The summed E-state index contributed by atoms with van der Waals surface area (Å²) in [5.74, 6) is 0. The van der Waals surface area contributed by atoms with E-state index >= 15 is 0 Å². The highest BCUT2D eigenvalue weighted by molar-refractivity contribution is 6.30. The molecule has 0 radical (unpaired) electrons. The van der Waals surface area contributed by atoms with Crippen LogP contribution in [-0.4, -0.2) is 74.9 Å². The summed E-state index contributed by atoms with van der Waals surface area (Å²) in [5.41, 5.74) is 5.35. The van der Waals surface area contributed by atoms with Gasteiger partial charge in [-0.1, -0.05) is 23.7 Å². The predicted molar refractivity (Wildman–Crippen MR) is 161 cm³/mol. The Morgan fingerprint density at radius 1 is 1.05 bits per heavy atom. The van der Waals surface area contributed by atoms with E-state index in [1.54, 1.807) is 23.6 Å². The van der Waals surface area contributed by atoms with Gasteiger partial charge in [0.15, 0.2) is 0 Å². The fraction of sp³-hybridized carbons (Fsp3) is 0.419. The number of aryl methyl sites for hydroxylation is 1. The smallest absolute Gasteiger partial charge is 0.410 e. The number of rotatable bonds is 6. The molecule has 1 fully saturated rings. The molecular weight excluding hydrogens is 556 g/mol. The van der Waals surface area contributed by atoms with E-state index in [2.05, 4.69) is 21.3 Å². The highest BCUT2D eigenvalue weighted by Gasteiger charge is 2.36. The lowest BCUT2D eigenvalue weighted by Gasteiger charge is -2.39. The molecule has 3 heterocycles. The number of hydrogen-bond acceptors (Lipinski definition) is 7. The number of fused-ring (bicyclic) bond motifs is 2. The maximum absolute atomic E-state index is 13.0. The Bertz CT molecular complexity index is 1480. The summed E-state index contributed by atoms with van der Waals surface area (Å²) in [6, 6.07) is 9.01. The number of ether oxygens (including phenoxy) is 2. The van der Waals surface area contributed by atoms with Gasteiger partial charge in [0, 0.05) is 44.4 Å². The van der Waals surface area contributed by atoms with Crippen molar-refractivity contribution in [2.45, 2.75) is 52.0 Å². The van der Waals surface area contributed by atoms with E-state index in [4.69, 9.17) is 26.1 Å². The Morgan fingerprint density at radius 3 is 2.45 bits per heavy atom. The number of alkyl carbamates (subject to hydrolysis) is 1. The number of benzene rings is 1. The third-order valence-electron chi connectivity index (χ3n) is 7.40. The van der Waals surface area contributed by atoms with Gasteiger partial charge in [-0.25, -0.2) is 14.6 Å². The number of carbonyl (C=O) groups is 2. The Hall–Kier alpha value is -3.89. The summed E-state index contributed by atoms with van der Waals surface area (Å²) in [5, 5.41) is 3.66. The number of carbonyl (C=O) groups excluding carboxylic acids is 2. The van der Waals surface area contributed by atoms with Crippen molar-refractivity contribution in [3.8, 4) is 0 Å². The first-order valence-electron chi connectivity index (χ1n) is 14.2. The summed E-state index contributed by atoms with van der Waals surface area (Å²) in [6.45, 7) is 9.67. The van der Waals surface area contributed by atoms with Crippen LogP contribution in [0.5, 0.6) is 0 Å². The fourth-order valence-corrected chi connectivity index (χ4v) is 5.73. The zero-order valence-corrected chi connectivity index (χ0v) is 25.3. The maximum atomic E-state index is 13.0. The maximum Gasteiger partial charge on any atom is 0.410 e. The van der Waals surface area contributed by atoms with Crippen molar-refractivity contribution >= 4 is 35.4 Å². The van der Waals surface area contributed by atoms with Crippen LogP contribution in [0.1, 0.15) is 67.9 Å². The minimum Gasteiger partial charge on any atom is -0.447 e. The zero-order valence-electron chi connectivity index (χ0n) is 24.6. The average molecular weight is 593 g/mol. The Morgan fingerprint density at radius 2 is 1.79 bits per heavy atom. The molecule has 5 rings (SSSR count). The molecule has 0 spiro atoms. The molecule has 2 unspecified atom stereocenters. The van der Waals surface area contributed by atoms with Gasteiger partial charge >= 0.3 is 12.2 Å². The van der Waals surface area contributed by atoms with Gasteiger partial charge in [0.25, 0.3) is 0 Å². The summed E-state index contributed by atoms with van der Waals surface area (Å²) < 4.78 is 12.8. The number of halogens is 1. The zero-order chi connectivity index (χ0) is 30.0. The number of aromatic nitrogens is 3. The van der Waals surface area contributed by atoms with E-state index in [9.17, 15) is 9.59 Å². The first-order chi connectivity index (χ1) is 20.1. The van der Waals surface area contributed by atoms with E-state index in [1.165, 1.54) is 0 Å². The largest absolute Gasteiger partial charge is 0.447 e. The van der Waals surface area contributed by atoms with E-state index in [-0.39, 0.29) is 24.3 Å². The Balaban J connectivity index is 1.59. The van der Waals surface area contributed by atoms with E-state index < -0.39 is 12.1 Å². The third-order valence-corrected chi connectivity index (χ3v) is 7.64. The molecule has 2 aliphatic rings. The molecule has 1 aliphatic heterocycles. The third kappa shape index (κ3) is 6.29. The number of piperazine rings is 1. The standard InChI is InChI=1S/C31H37ClN6O4/c1-19(2)41-30(39)35-28(26-17-33-18-36(26)5)25-15-21-7-6-10-34-27(21)29(23-9-8-22(32)16-24(23)25)37-11-13-38(14-12-37)31(40)42-20(3)4/h6-10,15-20,28-29H,11-14H2,1-5H3,(H,35,39). The molecule has 0 bridgehead atoms. The molecule has 222 valence electrons. The van der Waals surface area contributed by atoms with Crippen LogP contribution in [0.15, 0.2) is 49.1 Å². The lowest BCUT2D eigenvalue weighted by Crippen LogP contribution is -2.50. The van der Waals surface area contributed by atoms with E-state index in [0.717, 1.165) is 33.7 Å². The number of nitrogens with one attached hydrogen (secondary N) is 1. The van der Waals surface area contributed by atoms with Crippen LogP contribution in [0.4, 0.5) is 9.59 Å². The van der Waals surface area contributed by atoms with Gasteiger partial charge in [-0.15, -0.1) is 0 Å². The van der Waals surface area contributed by atoms with Crippen molar-refractivity contribution in [2.24, 2.45) is 7.05 Å². The summed E-state index contributed by atoms with van der Waals surface area (Å²) in [4.78, 5) is 38.9. The second-order valence-electron chi connectivity index (χ2n) is 11.1. The molecule has 42 heavy (non-hydrogen) atoms. The molecule has 2 amide bonds. The van der Waals surface area contributed by atoms with Gasteiger partial charge in [-0.05, 0) is 74.2 Å². The molecular formula is C31H37ClN6O4. The second kappa shape index (κ2) is 12.5. The van der Waals surface area contributed by atoms with Crippen LogP contribution in [0.25, 0.3) is 11.6 Å². The highest BCUT2D eigenvalue weighted by atomic mass is 35.5. The first kappa shape index (κ1) is 29.6. The summed E-state index contributed by atoms with van der Waals surface area (Å²) in [7, 11) is 1.89. The molecule has 3 aromatic rings. The van der Waals surface area contributed by atoms with Gasteiger partial charge in [0.05, 0.1) is 48.2 Å². The monoisotopic (exact) mass is 592 g/mol. The van der Waals surface area contributed by atoms with Crippen molar-refractivity contribution < 1.29 is 19.1 Å². The topological polar surface area (TPSA) is 102 Å². The van der Waals surface area contributed by atoms with Gasteiger partial charge in [0.2, 0.25) is 0 Å². The van der Waals surface area contributed by atoms with Crippen molar-refractivity contribution in [2.75, 3.05) is 26.2 Å². The van der Waals surface area contributed by atoms with Gasteiger partial charge in [0.1, 0.15) is 0 Å². The van der Waals surface area contributed by atoms with E-state index in [0.29, 0.717) is 31.2 Å². The number of pyridine rings is 1. The fourth-order valence-electron chi connectivity index (χ4n) is 5.56. The Labute approximate surface area is 251 Å². The molecule has 0 saturated carbocycles. The average Bonchev–Trinajstić information content (AvgIpc) is 3.31. The second-order valence-corrected chi connectivity index (χ2v) is 11.6. The van der Waals surface area contributed by atoms with Crippen LogP contribution in [0.2, 0.25) is 5.02 Å². The van der Waals surface area contributed by atoms with Gasteiger partial charge in [-0.3, -0.25) is 9.88 Å². The molecule has 2 aromatic heterocycles. The molecule has 1 aliphatic carbocycles. The lowest BCUT2D eigenvalue weighted by molar-refractivity contribution is 0.0513. The molecule has 2 atom stereocenters. The SMILES string of the molecule is CC(C)OC(=O)NC(C1=Cc2cccnc2C(N2CCN(C(=O)OC(C)C)CC2)c2ccc(Cl)cc21)c1cncn1C. The minimum atomic E-state index is -0.588. The molecule has 1 aromatic carbocycles. The molecule has 10 nitrogen and oxygen atoms in total. The van der Waals surface area contributed by atoms with Crippen molar-refractivity contribution in [3.63, 3.8) is 0 Å². The van der Waals surface area contributed by atoms with Crippen LogP contribution in [0, 0.1) is 0 Å². The van der Waals surface area contributed by atoms with Crippen LogP contribution in [0.3, 0.4) is 0 Å². The highest BCUT2D eigenvalue weighted by Crippen LogP contribution is 2.44. The van der Waals surface area contributed by atoms with Crippen LogP contribution < -0.4 is 5.32 Å². The number of hydrogen-bond donors (Lipinski definition) is 1. The summed E-state index contributed by atoms with van der Waals surface area (Å²) in [6.07, 6.45) is 6.04. The van der Waals surface area contributed by atoms with Gasteiger partial charge in [-0.2, -0.15) is 0 Å². The quantitative estimate of drug-likeness (QED) is 0.406. The molecule has 11 heteroatoms. The van der Waals surface area contributed by atoms with Crippen LogP contribution >= 0.6 is 11.6 Å². The predicted octanol–water partition coefficient (Wildman–Crippen LogP) is 5.45. The lowest BCUT2D eigenvalue weighted by atomic mass is 9.90. The van der Waals surface area contributed by atoms with Crippen LogP contribution in [-0.2, 0) is 16.5 Å². The molecule has 1 saturated heterocycles. The molecule has 1 N–H and O–H groups in total. The number of imidazole rings is 1. The van der Waals surface area contributed by atoms with Crippen molar-refractivity contribution in [1.82, 2.24) is 29.7 Å². The van der Waals surface area contributed by atoms with Crippen molar-refractivity contribution in [1.29, 1.82) is 0 Å². The van der Waals surface area contributed by atoms with E-state index in [1.807, 2.05) is 69.6 Å².